The summed E-state index contributed by atoms with van der Waals surface area (Å²) in [4.78, 5) is 0. The molecule has 0 heterocycles. The van der Waals surface area contributed by atoms with Gasteiger partial charge in [-0.2, -0.15) is 11.8 Å². The van der Waals surface area contributed by atoms with Gasteiger partial charge in [0, 0.05) is 17.7 Å². The van der Waals surface area contributed by atoms with Crippen LogP contribution < -0.4 is 5.73 Å². The van der Waals surface area contributed by atoms with Crippen LogP contribution in [-0.2, 0) is 12.0 Å². The Kier molecular flexibility index (Phi) is 3.93. The van der Waals surface area contributed by atoms with Gasteiger partial charge in [-0.05, 0) is 30.2 Å². The Balaban J connectivity index is 2.30. The minimum Gasteiger partial charge on any atom is -0.326 e. The van der Waals surface area contributed by atoms with Crippen LogP contribution >= 0.6 is 11.8 Å². The summed E-state index contributed by atoms with van der Waals surface area (Å²) in [7, 11) is 0. The zero-order valence-electron chi connectivity index (χ0n) is 10.0. The molecule has 1 aromatic carbocycles. The van der Waals surface area contributed by atoms with E-state index in [2.05, 4.69) is 30.5 Å². The summed E-state index contributed by atoms with van der Waals surface area (Å²) in [5.41, 5.74) is 8.95. The van der Waals surface area contributed by atoms with Gasteiger partial charge in [0.25, 0.3) is 0 Å². The Hall–Kier alpha value is -0.470. The van der Waals surface area contributed by atoms with Crippen LogP contribution in [0.4, 0.5) is 0 Å². The molecular formula is C14H21NS. The van der Waals surface area contributed by atoms with E-state index in [0.29, 0.717) is 12.0 Å². The molecule has 2 N–H and O–H groups in total. The van der Waals surface area contributed by atoms with Crippen molar-refractivity contribution in [3.05, 3.63) is 35.4 Å². The minimum absolute atomic E-state index is 0.435. The van der Waals surface area contributed by atoms with Crippen LogP contribution in [0, 0.1) is 0 Å². The summed E-state index contributed by atoms with van der Waals surface area (Å²) >= 11 is 1.97. The second-order valence-corrected chi connectivity index (χ2v) is 5.69. The standard InChI is InChI=1S/C14H21NS/c1-16-11-14(7-2-3-8-14)13-6-4-5-12(9-13)10-15/h4-6,9H,2-3,7-8,10-11,15H2,1H3. The first kappa shape index (κ1) is 12.0. The van der Waals surface area contributed by atoms with E-state index in [1.165, 1.54) is 42.6 Å². The van der Waals surface area contributed by atoms with Crippen LogP contribution in [0.25, 0.3) is 0 Å². The van der Waals surface area contributed by atoms with E-state index in [-0.39, 0.29) is 0 Å². The minimum atomic E-state index is 0.435. The lowest BCUT2D eigenvalue weighted by Crippen LogP contribution is -2.25. The van der Waals surface area contributed by atoms with E-state index >= 15 is 0 Å². The van der Waals surface area contributed by atoms with Crippen molar-refractivity contribution in [2.45, 2.75) is 37.6 Å². The molecular weight excluding hydrogens is 214 g/mol. The van der Waals surface area contributed by atoms with Crippen molar-refractivity contribution in [2.75, 3.05) is 12.0 Å². The van der Waals surface area contributed by atoms with Crippen molar-refractivity contribution in [3.63, 3.8) is 0 Å². The summed E-state index contributed by atoms with van der Waals surface area (Å²) in [6, 6.07) is 8.91. The molecule has 1 fully saturated rings. The van der Waals surface area contributed by atoms with Gasteiger partial charge in [-0.25, -0.2) is 0 Å². The average molecular weight is 235 g/mol. The molecule has 0 atom stereocenters. The zero-order valence-corrected chi connectivity index (χ0v) is 10.9. The SMILES string of the molecule is CSCC1(c2cccc(CN)c2)CCCC1. The van der Waals surface area contributed by atoms with E-state index < -0.39 is 0 Å². The first-order valence-electron chi connectivity index (χ1n) is 6.09. The van der Waals surface area contributed by atoms with E-state index in [1.807, 2.05) is 11.8 Å². The highest BCUT2D eigenvalue weighted by atomic mass is 32.2. The van der Waals surface area contributed by atoms with Crippen LogP contribution in [0.5, 0.6) is 0 Å². The molecule has 0 radical (unpaired) electrons. The van der Waals surface area contributed by atoms with Gasteiger partial charge >= 0.3 is 0 Å². The second kappa shape index (κ2) is 5.24. The molecule has 0 aromatic heterocycles. The highest BCUT2D eigenvalue weighted by Crippen LogP contribution is 2.43. The van der Waals surface area contributed by atoms with Crippen LogP contribution in [0.3, 0.4) is 0 Å². The third-order valence-electron chi connectivity index (χ3n) is 3.76. The average Bonchev–Trinajstić information content (AvgIpc) is 2.80. The molecule has 1 aromatic rings. The Labute approximate surface area is 103 Å². The fourth-order valence-corrected chi connectivity index (χ4v) is 3.88. The number of nitrogens with two attached hydrogens (primary N) is 1. The van der Waals surface area contributed by atoms with Gasteiger partial charge in [-0.3, -0.25) is 0 Å². The molecule has 1 aliphatic carbocycles. The van der Waals surface area contributed by atoms with Gasteiger partial charge < -0.3 is 5.73 Å². The maximum atomic E-state index is 5.73. The molecule has 0 saturated heterocycles. The van der Waals surface area contributed by atoms with Crippen LogP contribution in [0.15, 0.2) is 24.3 Å². The quantitative estimate of drug-likeness (QED) is 0.866. The van der Waals surface area contributed by atoms with Gasteiger partial charge in [0.15, 0.2) is 0 Å². The monoisotopic (exact) mass is 235 g/mol. The third-order valence-corrected chi connectivity index (χ3v) is 4.60. The smallest absolute Gasteiger partial charge is 0.0178 e. The predicted molar refractivity (Wildman–Crippen MR) is 72.9 cm³/mol. The summed E-state index contributed by atoms with van der Waals surface area (Å²) in [5, 5.41) is 0. The molecule has 1 saturated carbocycles. The number of rotatable bonds is 4. The fraction of sp³-hybridized carbons (Fsp3) is 0.571. The lowest BCUT2D eigenvalue weighted by molar-refractivity contribution is 0.501. The Morgan fingerprint density at radius 1 is 1.31 bits per heavy atom. The predicted octanol–water partition coefficient (Wildman–Crippen LogP) is 3.32. The summed E-state index contributed by atoms with van der Waals surface area (Å²) in [5.74, 6) is 1.25. The first-order chi connectivity index (χ1) is 7.80. The largest absolute Gasteiger partial charge is 0.326 e. The van der Waals surface area contributed by atoms with Gasteiger partial charge in [0.1, 0.15) is 0 Å². The van der Waals surface area contributed by atoms with E-state index in [9.17, 15) is 0 Å². The van der Waals surface area contributed by atoms with Crippen molar-refractivity contribution >= 4 is 11.8 Å². The van der Waals surface area contributed by atoms with Gasteiger partial charge in [-0.15, -0.1) is 0 Å². The van der Waals surface area contributed by atoms with E-state index in [4.69, 9.17) is 5.73 Å². The number of benzene rings is 1. The Morgan fingerprint density at radius 3 is 2.69 bits per heavy atom. The topological polar surface area (TPSA) is 26.0 Å². The maximum Gasteiger partial charge on any atom is 0.0178 e. The summed E-state index contributed by atoms with van der Waals surface area (Å²) < 4.78 is 0. The molecule has 0 aliphatic heterocycles. The zero-order chi connectivity index (χ0) is 11.4. The van der Waals surface area contributed by atoms with Crippen molar-refractivity contribution in [2.24, 2.45) is 5.73 Å². The molecule has 0 spiro atoms. The molecule has 0 unspecified atom stereocenters. The first-order valence-corrected chi connectivity index (χ1v) is 7.48. The fourth-order valence-electron chi connectivity index (χ4n) is 2.87. The van der Waals surface area contributed by atoms with Crippen molar-refractivity contribution in [1.29, 1.82) is 0 Å². The highest BCUT2D eigenvalue weighted by molar-refractivity contribution is 7.98. The lowest BCUT2D eigenvalue weighted by atomic mass is 9.80. The number of thioether (sulfide) groups is 1. The molecule has 2 heteroatoms. The normalized spacial score (nSPS) is 18.9. The molecule has 0 bridgehead atoms. The van der Waals surface area contributed by atoms with Crippen molar-refractivity contribution < 1.29 is 0 Å². The second-order valence-electron chi connectivity index (χ2n) is 4.82. The van der Waals surface area contributed by atoms with Crippen molar-refractivity contribution in [3.8, 4) is 0 Å². The van der Waals surface area contributed by atoms with Gasteiger partial charge in [0.05, 0.1) is 0 Å². The molecule has 1 nitrogen and oxygen atoms in total. The van der Waals surface area contributed by atoms with E-state index in [1.54, 1.807) is 0 Å². The van der Waals surface area contributed by atoms with Gasteiger partial charge in [-0.1, -0.05) is 37.1 Å². The Morgan fingerprint density at radius 2 is 2.06 bits per heavy atom. The van der Waals surface area contributed by atoms with Crippen LogP contribution in [0.1, 0.15) is 36.8 Å². The maximum absolute atomic E-state index is 5.73. The number of hydrogen-bond donors (Lipinski definition) is 1. The third kappa shape index (κ3) is 2.28. The van der Waals surface area contributed by atoms with E-state index in [0.717, 1.165) is 0 Å². The highest BCUT2D eigenvalue weighted by Gasteiger charge is 2.34. The molecule has 1 aliphatic rings. The summed E-state index contributed by atoms with van der Waals surface area (Å²) in [6.07, 6.45) is 7.68. The van der Waals surface area contributed by atoms with Crippen LogP contribution in [-0.4, -0.2) is 12.0 Å². The molecule has 0 amide bonds. The molecule has 16 heavy (non-hydrogen) atoms. The lowest BCUT2D eigenvalue weighted by Gasteiger charge is -2.29. The molecule has 2 rings (SSSR count). The molecule has 88 valence electrons. The van der Waals surface area contributed by atoms with Crippen LogP contribution in [0.2, 0.25) is 0 Å². The number of hydrogen-bond acceptors (Lipinski definition) is 2. The van der Waals surface area contributed by atoms with Gasteiger partial charge in [0.2, 0.25) is 0 Å². The Bertz CT molecular complexity index is 342. The van der Waals surface area contributed by atoms with Crippen molar-refractivity contribution in [1.82, 2.24) is 0 Å². The summed E-state index contributed by atoms with van der Waals surface area (Å²) in [6.45, 7) is 0.656.